The zero-order valence-corrected chi connectivity index (χ0v) is 13.6. The van der Waals surface area contributed by atoms with Crippen molar-refractivity contribution in [2.45, 2.75) is 11.4 Å². The predicted molar refractivity (Wildman–Crippen MR) is 86.0 cm³/mol. The van der Waals surface area contributed by atoms with E-state index in [-0.39, 0.29) is 16.5 Å². The molecule has 0 saturated heterocycles. The molecule has 0 unspecified atom stereocenters. The Balaban J connectivity index is 2.33. The Labute approximate surface area is 134 Å². The molecule has 0 aromatic heterocycles. The minimum atomic E-state index is -3.73. The minimum absolute atomic E-state index is 0.0110. The molecule has 0 radical (unpaired) electrons. The molecule has 2 rings (SSSR count). The Morgan fingerprint density at radius 3 is 2.52 bits per heavy atom. The Morgan fingerprint density at radius 2 is 1.86 bits per heavy atom. The summed E-state index contributed by atoms with van der Waals surface area (Å²) in [5.41, 5.74) is 7.07. The molecule has 0 aliphatic heterocycles. The van der Waals surface area contributed by atoms with Crippen molar-refractivity contribution in [1.82, 2.24) is 4.31 Å². The van der Waals surface area contributed by atoms with Gasteiger partial charge in [0.05, 0.1) is 5.02 Å². The summed E-state index contributed by atoms with van der Waals surface area (Å²) in [5.74, 6) is 0. The van der Waals surface area contributed by atoms with Gasteiger partial charge >= 0.3 is 0 Å². The summed E-state index contributed by atoms with van der Waals surface area (Å²) in [6, 6.07) is 11.4. The average Bonchev–Trinajstić information content (AvgIpc) is 2.41. The number of sulfonamides is 1. The lowest BCUT2D eigenvalue weighted by molar-refractivity contribution is 0.467. The third kappa shape index (κ3) is 3.68. The standard InChI is InChI=1S/C14H14Cl2N2O2S/c1-18(9-10-3-2-4-12(17)7-10)21(19,20)14-8-11(15)5-6-13(14)16/h2-8H,9,17H2,1H3. The van der Waals surface area contributed by atoms with Gasteiger partial charge in [-0.1, -0.05) is 35.3 Å². The molecular weight excluding hydrogens is 331 g/mol. The number of nitrogens with zero attached hydrogens (tertiary/aromatic N) is 1. The molecule has 112 valence electrons. The Kier molecular flexibility index (Phi) is 4.78. The van der Waals surface area contributed by atoms with Crippen molar-refractivity contribution in [1.29, 1.82) is 0 Å². The van der Waals surface area contributed by atoms with Gasteiger partial charge in [0.25, 0.3) is 0 Å². The third-order valence-electron chi connectivity index (χ3n) is 2.94. The molecular formula is C14H14Cl2N2O2S. The molecule has 2 aromatic carbocycles. The van der Waals surface area contributed by atoms with E-state index < -0.39 is 10.0 Å². The minimum Gasteiger partial charge on any atom is -0.399 e. The summed E-state index contributed by atoms with van der Waals surface area (Å²) in [7, 11) is -2.25. The predicted octanol–water partition coefficient (Wildman–Crippen LogP) is 3.40. The van der Waals surface area contributed by atoms with Crippen LogP contribution in [0.3, 0.4) is 0 Å². The van der Waals surface area contributed by atoms with Crippen molar-refractivity contribution in [2.75, 3.05) is 12.8 Å². The molecule has 0 saturated carbocycles. The van der Waals surface area contributed by atoms with Gasteiger partial charge in [-0.05, 0) is 35.9 Å². The highest BCUT2D eigenvalue weighted by Crippen LogP contribution is 2.27. The largest absolute Gasteiger partial charge is 0.399 e. The van der Waals surface area contributed by atoms with E-state index in [1.807, 2.05) is 6.07 Å². The fourth-order valence-electron chi connectivity index (χ4n) is 1.88. The maximum Gasteiger partial charge on any atom is 0.244 e. The molecule has 21 heavy (non-hydrogen) atoms. The van der Waals surface area contributed by atoms with Gasteiger partial charge in [0.15, 0.2) is 0 Å². The number of benzene rings is 2. The number of anilines is 1. The second kappa shape index (κ2) is 6.23. The lowest BCUT2D eigenvalue weighted by Crippen LogP contribution is -2.26. The van der Waals surface area contributed by atoms with E-state index in [9.17, 15) is 8.42 Å². The molecule has 0 amide bonds. The van der Waals surface area contributed by atoms with Crippen molar-refractivity contribution >= 4 is 38.9 Å². The fourth-order valence-corrected chi connectivity index (χ4v) is 3.77. The quantitative estimate of drug-likeness (QED) is 0.864. The zero-order valence-electron chi connectivity index (χ0n) is 11.3. The van der Waals surface area contributed by atoms with Gasteiger partial charge in [-0.25, -0.2) is 8.42 Å². The molecule has 0 aliphatic rings. The molecule has 0 bridgehead atoms. The van der Waals surface area contributed by atoms with Crippen LogP contribution in [-0.4, -0.2) is 19.8 Å². The number of rotatable bonds is 4. The molecule has 4 nitrogen and oxygen atoms in total. The van der Waals surface area contributed by atoms with E-state index in [2.05, 4.69) is 0 Å². The first-order valence-corrected chi connectivity index (χ1v) is 8.26. The summed E-state index contributed by atoms with van der Waals surface area (Å²) in [6.07, 6.45) is 0. The topological polar surface area (TPSA) is 63.4 Å². The van der Waals surface area contributed by atoms with Crippen LogP contribution in [0.15, 0.2) is 47.4 Å². The molecule has 2 N–H and O–H groups in total. The second-order valence-corrected chi connectivity index (χ2v) is 7.44. The number of nitrogen functional groups attached to an aromatic ring is 1. The van der Waals surface area contributed by atoms with Crippen LogP contribution >= 0.6 is 23.2 Å². The van der Waals surface area contributed by atoms with Crippen molar-refractivity contribution in [3.8, 4) is 0 Å². The third-order valence-corrected chi connectivity index (χ3v) is 5.46. The van der Waals surface area contributed by atoms with Crippen LogP contribution in [0.5, 0.6) is 0 Å². The van der Waals surface area contributed by atoms with Crippen LogP contribution in [0.4, 0.5) is 5.69 Å². The summed E-state index contributed by atoms with van der Waals surface area (Å²) in [4.78, 5) is -0.0110. The van der Waals surface area contributed by atoms with E-state index in [0.717, 1.165) is 5.56 Å². The van der Waals surface area contributed by atoms with E-state index in [1.54, 1.807) is 24.3 Å². The highest BCUT2D eigenvalue weighted by Gasteiger charge is 2.24. The maximum atomic E-state index is 12.5. The SMILES string of the molecule is CN(Cc1cccc(N)c1)S(=O)(=O)c1cc(Cl)ccc1Cl. The molecule has 0 heterocycles. The number of halogens is 2. The average molecular weight is 345 g/mol. The first-order chi connectivity index (χ1) is 9.80. The van der Waals surface area contributed by atoms with Gasteiger partial charge in [0.2, 0.25) is 10.0 Å². The van der Waals surface area contributed by atoms with Crippen LogP contribution in [0, 0.1) is 0 Å². The zero-order chi connectivity index (χ0) is 15.6. The van der Waals surface area contributed by atoms with Crippen LogP contribution in [0.2, 0.25) is 10.0 Å². The monoisotopic (exact) mass is 344 g/mol. The molecule has 2 aromatic rings. The Hall–Kier alpha value is -1.27. The highest BCUT2D eigenvalue weighted by molar-refractivity contribution is 7.89. The van der Waals surface area contributed by atoms with Gasteiger partial charge in [0, 0.05) is 24.3 Å². The summed E-state index contributed by atoms with van der Waals surface area (Å²) >= 11 is 11.8. The first kappa shape index (κ1) is 16.1. The van der Waals surface area contributed by atoms with Gasteiger partial charge in [0.1, 0.15) is 4.90 Å². The van der Waals surface area contributed by atoms with E-state index in [4.69, 9.17) is 28.9 Å². The summed E-state index contributed by atoms with van der Waals surface area (Å²) in [6.45, 7) is 0.191. The first-order valence-electron chi connectivity index (χ1n) is 6.06. The number of hydrogen-bond acceptors (Lipinski definition) is 3. The van der Waals surface area contributed by atoms with Crippen LogP contribution in [0.1, 0.15) is 5.56 Å². The van der Waals surface area contributed by atoms with Crippen LogP contribution in [-0.2, 0) is 16.6 Å². The lowest BCUT2D eigenvalue weighted by atomic mass is 10.2. The van der Waals surface area contributed by atoms with E-state index >= 15 is 0 Å². The van der Waals surface area contributed by atoms with E-state index in [0.29, 0.717) is 10.7 Å². The Morgan fingerprint density at radius 1 is 1.14 bits per heavy atom. The normalized spacial score (nSPS) is 11.8. The highest BCUT2D eigenvalue weighted by atomic mass is 35.5. The van der Waals surface area contributed by atoms with Crippen LogP contribution < -0.4 is 5.73 Å². The number of nitrogens with two attached hydrogens (primary N) is 1. The molecule has 0 fully saturated rings. The molecule has 0 atom stereocenters. The second-order valence-electron chi connectivity index (χ2n) is 4.58. The molecule has 7 heteroatoms. The van der Waals surface area contributed by atoms with Gasteiger partial charge in [-0.15, -0.1) is 0 Å². The van der Waals surface area contributed by atoms with Crippen molar-refractivity contribution < 1.29 is 8.42 Å². The lowest BCUT2D eigenvalue weighted by Gasteiger charge is -2.18. The molecule has 0 spiro atoms. The van der Waals surface area contributed by atoms with Gasteiger partial charge in [-0.3, -0.25) is 0 Å². The smallest absolute Gasteiger partial charge is 0.244 e. The fraction of sp³-hybridized carbons (Fsp3) is 0.143. The van der Waals surface area contributed by atoms with Crippen molar-refractivity contribution in [3.63, 3.8) is 0 Å². The van der Waals surface area contributed by atoms with Gasteiger partial charge in [-0.2, -0.15) is 4.31 Å². The van der Waals surface area contributed by atoms with Gasteiger partial charge < -0.3 is 5.73 Å². The molecule has 0 aliphatic carbocycles. The van der Waals surface area contributed by atoms with E-state index in [1.165, 1.54) is 23.5 Å². The summed E-state index contributed by atoms with van der Waals surface area (Å²) in [5, 5.41) is 0.453. The van der Waals surface area contributed by atoms with Crippen molar-refractivity contribution in [3.05, 3.63) is 58.1 Å². The van der Waals surface area contributed by atoms with Crippen LogP contribution in [0.25, 0.3) is 0 Å². The van der Waals surface area contributed by atoms with Crippen molar-refractivity contribution in [2.24, 2.45) is 0 Å². The maximum absolute atomic E-state index is 12.5. The Bertz CT molecular complexity index is 763. The number of hydrogen-bond donors (Lipinski definition) is 1. The summed E-state index contributed by atoms with van der Waals surface area (Å²) < 4.78 is 26.3.